The first-order valence-corrected chi connectivity index (χ1v) is 5.71. The van der Waals surface area contributed by atoms with Crippen LogP contribution in [0.5, 0.6) is 6.01 Å². The molecule has 1 N–H and O–H groups in total. The largest absolute Gasteiger partial charge is 0.463 e. The van der Waals surface area contributed by atoms with Crippen molar-refractivity contribution in [3.8, 4) is 17.4 Å². The standard InChI is InChI=1S/C12H13N3O4/c1-2-18-10(16)8-19-12-13-11(15(17)14-12)9-6-4-3-5-7-9/h3-7,17H,2,8H2,1H3. The van der Waals surface area contributed by atoms with Crippen molar-refractivity contribution < 1.29 is 19.5 Å². The first kappa shape index (κ1) is 12.9. The number of nitrogens with zero attached hydrogens (tertiary/aromatic N) is 3. The lowest BCUT2D eigenvalue weighted by Crippen LogP contribution is -2.15. The second kappa shape index (κ2) is 5.85. The van der Waals surface area contributed by atoms with E-state index in [4.69, 9.17) is 9.47 Å². The molecule has 0 aliphatic rings. The fourth-order valence-electron chi connectivity index (χ4n) is 1.44. The number of benzene rings is 1. The molecule has 0 atom stereocenters. The molecule has 2 rings (SSSR count). The summed E-state index contributed by atoms with van der Waals surface area (Å²) in [5.74, 6) is -0.280. The van der Waals surface area contributed by atoms with Gasteiger partial charge in [0.1, 0.15) is 0 Å². The Kier molecular flexibility index (Phi) is 3.97. The Labute approximate surface area is 109 Å². The van der Waals surface area contributed by atoms with Crippen molar-refractivity contribution in [3.63, 3.8) is 0 Å². The highest BCUT2D eigenvalue weighted by molar-refractivity contribution is 5.70. The number of hydrogen-bond donors (Lipinski definition) is 1. The quantitative estimate of drug-likeness (QED) is 0.642. The van der Waals surface area contributed by atoms with Crippen LogP contribution in [-0.4, -0.2) is 39.3 Å². The fourth-order valence-corrected chi connectivity index (χ4v) is 1.44. The van der Waals surface area contributed by atoms with Crippen LogP contribution in [0.3, 0.4) is 0 Å². The lowest BCUT2D eigenvalue weighted by molar-refractivity contribution is -0.145. The lowest BCUT2D eigenvalue weighted by Gasteiger charge is -2.00. The minimum atomic E-state index is -0.516. The van der Waals surface area contributed by atoms with Gasteiger partial charge in [-0.05, 0) is 6.92 Å². The van der Waals surface area contributed by atoms with Crippen molar-refractivity contribution in [2.75, 3.05) is 13.2 Å². The van der Waals surface area contributed by atoms with Gasteiger partial charge in [0.2, 0.25) is 5.82 Å². The van der Waals surface area contributed by atoms with Crippen molar-refractivity contribution >= 4 is 5.97 Å². The van der Waals surface area contributed by atoms with E-state index in [0.29, 0.717) is 10.4 Å². The summed E-state index contributed by atoms with van der Waals surface area (Å²) in [6.07, 6.45) is 0. The molecule has 0 saturated carbocycles. The molecule has 19 heavy (non-hydrogen) atoms. The summed E-state index contributed by atoms with van der Waals surface area (Å²) in [5, 5.41) is 13.3. The summed E-state index contributed by atoms with van der Waals surface area (Å²) in [6, 6.07) is 8.92. The molecule has 0 bridgehead atoms. The number of rotatable bonds is 5. The minimum absolute atomic E-state index is 0.0885. The molecule has 2 aromatic rings. The molecule has 100 valence electrons. The van der Waals surface area contributed by atoms with Gasteiger partial charge >= 0.3 is 12.0 Å². The van der Waals surface area contributed by atoms with Crippen molar-refractivity contribution in [2.24, 2.45) is 0 Å². The van der Waals surface area contributed by atoms with Crippen LogP contribution in [0.25, 0.3) is 11.4 Å². The number of aromatic nitrogens is 3. The fraction of sp³-hybridized carbons (Fsp3) is 0.250. The monoisotopic (exact) mass is 263 g/mol. The van der Waals surface area contributed by atoms with Crippen LogP contribution in [0.15, 0.2) is 30.3 Å². The SMILES string of the molecule is CCOC(=O)COc1nc(-c2ccccc2)n(O)n1. The molecule has 1 aromatic heterocycles. The van der Waals surface area contributed by atoms with Crippen molar-refractivity contribution in [2.45, 2.75) is 6.92 Å². The van der Waals surface area contributed by atoms with Gasteiger partial charge in [-0.25, -0.2) is 4.79 Å². The number of esters is 1. The van der Waals surface area contributed by atoms with Crippen LogP contribution in [0, 0.1) is 0 Å². The molecule has 0 spiro atoms. The molecule has 0 saturated heterocycles. The van der Waals surface area contributed by atoms with Gasteiger partial charge < -0.3 is 14.7 Å². The Bertz CT molecular complexity index is 553. The van der Waals surface area contributed by atoms with Crippen LogP contribution in [0.2, 0.25) is 0 Å². The van der Waals surface area contributed by atoms with E-state index in [1.54, 1.807) is 19.1 Å². The van der Waals surface area contributed by atoms with E-state index in [1.807, 2.05) is 18.2 Å². The summed E-state index contributed by atoms with van der Waals surface area (Å²) < 4.78 is 9.72. The molecule has 1 heterocycles. The molecule has 1 aromatic carbocycles. The Morgan fingerprint density at radius 1 is 1.37 bits per heavy atom. The molecule has 7 heteroatoms. The number of ether oxygens (including phenoxy) is 2. The van der Waals surface area contributed by atoms with Gasteiger partial charge in [-0.1, -0.05) is 40.3 Å². The van der Waals surface area contributed by atoms with Crippen molar-refractivity contribution in [1.82, 2.24) is 14.9 Å². The summed E-state index contributed by atoms with van der Waals surface area (Å²) in [6.45, 7) is 1.68. The first-order chi connectivity index (χ1) is 9.20. The molecule has 0 unspecified atom stereocenters. The predicted octanol–water partition coefficient (Wildman–Crippen LogP) is 1.12. The molecule has 0 amide bonds. The van der Waals surface area contributed by atoms with Gasteiger partial charge in [-0.2, -0.15) is 4.98 Å². The maximum atomic E-state index is 11.1. The molecule has 0 aliphatic heterocycles. The van der Waals surface area contributed by atoms with E-state index < -0.39 is 5.97 Å². The minimum Gasteiger partial charge on any atom is -0.463 e. The van der Waals surface area contributed by atoms with Crippen molar-refractivity contribution in [1.29, 1.82) is 0 Å². The second-order valence-corrected chi connectivity index (χ2v) is 3.57. The third-order valence-corrected chi connectivity index (χ3v) is 2.23. The Balaban J connectivity index is 2.07. The van der Waals surface area contributed by atoms with Crippen LogP contribution in [0.1, 0.15) is 6.92 Å². The highest BCUT2D eigenvalue weighted by Gasteiger charge is 2.13. The van der Waals surface area contributed by atoms with Gasteiger partial charge in [0.15, 0.2) is 6.61 Å². The Hall–Kier alpha value is -2.57. The Morgan fingerprint density at radius 3 is 2.79 bits per heavy atom. The van der Waals surface area contributed by atoms with Gasteiger partial charge in [0, 0.05) is 5.56 Å². The van der Waals surface area contributed by atoms with Crippen molar-refractivity contribution in [3.05, 3.63) is 30.3 Å². The number of hydrogen-bond acceptors (Lipinski definition) is 6. The summed E-state index contributed by atoms with van der Waals surface area (Å²) in [4.78, 5) is 15.7. The normalized spacial score (nSPS) is 10.2. The van der Waals surface area contributed by atoms with Crippen LogP contribution >= 0.6 is 0 Å². The van der Waals surface area contributed by atoms with Crippen LogP contribution in [0.4, 0.5) is 0 Å². The maximum absolute atomic E-state index is 11.1. The van der Waals surface area contributed by atoms with Gasteiger partial charge in [0.05, 0.1) is 6.61 Å². The van der Waals surface area contributed by atoms with E-state index in [2.05, 4.69) is 10.1 Å². The zero-order valence-electron chi connectivity index (χ0n) is 10.3. The van der Waals surface area contributed by atoms with Gasteiger partial charge in [-0.3, -0.25) is 0 Å². The summed E-state index contributed by atoms with van der Waals surface area (Å²) in [5.41, 5.74) is 0.684. The first-order valence-electron chi connectivity index (χ1n) is 5.71. The third-order valence-electron chi connectivity index (χ3n) is 2.23. The van der Waals surface area contributed by atoms with E-state index in [-0.39, 0.29) is 25.0 Å². The number of carbonyl (C=O) groups excluding carboxylic acids is 1. The average Bonchev–Trinajstić information content (AvgIpc) is 2.79. The van der Waals surface area contributed by atoms with E-state index in [9.17, 15) is 10.0 Å². The maximum Gasteiger partial charge on any atom is 0.344 e. The predicted molar refractivity (Wildman–Crippen MR) is 64.8 cm³/mol. The third kappa shape index (κ3) is 3.21. The zero-order chi connectivity index (χ0) is 13.7. The molecule has 0 aliphatic carbocycles. The van der Waals surface area contributed by atoms with Gasteiger partial charge in [0.25, 0.3) is 0 Å². The number of carbonyl (C=O) groups is 1. The molecular formula is C12H13N3O4. The Morgan fingerprint density at radius 2 is 2.11 bits per heavy atom. The smallest absolute Gasteiger partial charge is 0.344 e. The summed E-state index contributed by atoms with van der Waals surface area (Å²) in [7, 11) is 0. The molecule has 0 fully saturated rings. The highest BCUT2D eigenvalue weighted by atomic mass is 16.6. The van der Waals surface area contributed by atoms with E-state index in [0.717, 1.165) is 0 Å². The summed E-state index contributed by atoms with van der Waals surface area (Å²) >= 11 is 0. The van der Waals surface area contributed by atoms with Crippen LogP contribution < -0.4 is 4.74 Å². The van der Waals surface area contributed by atoms with E-state index >= 15 is 0 Å². The van der Waals surface area contributed by atoms with Gasteiger partial charge in [-0.15, -0.1) is 0 Å². The second-order valence-electron chi connectivity index (χ2n) is 3.57. The highest BCUT2D eigenvalue weighted by Crippen LogP contribution is 2.18. The lowest BCUT2D eigenvalue weighted by atomic mass is 10.2. The van der Waals surface area contributed by atoms with E-state index in [1.165, 1.54) is 0 Å². The molecule has 0 radical (unpaired) electrons. The zero-order valence-corrected chi connectivity index (χ0v) is 10.3. The molecular weight excluding hydrogens is 250 g/mol. The van der Waals surface area contributed by atoms with Crippen LogP contribution in [-0.2, 0) is 9.53 Å². The average molecular weight is 263 g/mol. The topological polar surface area (TPSA) is 86.5 Å². The molecule has 7 nitrogen and oxygen atoms in total.